The van der Waals surface area contributed by atoms with Gasteiger partial charge in [0.2, 0.25) is 17.5 Å². The Morgan fingerprint density at radius 2 is 1.89 bits per heavy atom. The van der Waals surface area contributed by atoms with Gasteiger partial charge in [0.05, 0.1) is 0 Å². The third-order valence-corrected chi connectivity index (χ3v) is 5.48. The van der Waals surface area contributed by atoms with Gasteiger partial charge in [-0.3, -0.25) is 14.4 Å². The number of rotatable bonds is 1. The molecule has 0 unspecified atom stereocenters. The number of hydrogen-bond donors (Lipinski definition) is 1. The molecule has 1 N–H and O–H groups in total. The largest absolute Gasteiger partial charge is 0.339 e. The molecule has 19 heavy (non-hydrogen) atoms. The first kappa shape index (κ1) is 12.8. The maximum absolute atomic E-state index is 12.9. The lowest BCUT2D eigenvalue weighted by Crippen LogP contribution is -2.56. The van der Waals surface area contributed by atoms with Crippen LogP contribution < -0.4 is 5.32 Å². The van der Waals surface area contributed by atoms with Gasteiger partial charge in [-0.05, 0) is 18.3 Å². The van der Waals surface area contributed by atoms with E-state index in [1.165, 1.54) is 0 Å². The summed E-state index contributed by atoms with van der Waals surface area (Å²) in [6, 6.07) is 0. The van der Waals surface area contributed by atoms with Crippen molar-refractivity contribution in [2.24, 2.45) is 16.7 Å². The number of nitrogens with zero attached hydrogens (tertiary/aromatic N) is 1. The van der Waals surface area contributed by atoms with E-state index < -0.39 is 16.6 Å². The Morgan fingerprint density at radius 1 is 1.26 bits per heavy atom. The molecule has 104 valence electrons. The standard InChI is InChI=1S/C14H20N2O3/c1-13(2)9-3-4-14(13,11(18)10(9)17)12(19)16-7-5-15-6-8-16/h9,15H,3-8H2,1-2H3/t9-,14+/m0/s1. The lowest BCUT2D eigenvalue weighted by Gasteiger charge is -2.39. The van der Waals surface area contributed by atoms with Crippen molar-refractivity contribution in [3.8, 4) is 0 Å². The van der Waals surface area contributed by atoms with Crippen molar-refractivity contribution in [3.63, 3.8) is 0 Å². The summed E-state index contributed by atoms with van der Waals surface area (Å²) in [5.74, 6) is -1.12. The third kappa shape index (κ3) is 1.37. The number of carbonyl (C=O) groups excluding carboxylic acids is 3. The Labute approximate surface area is 112 Å². The van der Waals surface area contributed by atoms with Crippen LogP contribution in [-0.2, 0) is 14.4 Å². The average molecular weight is 264 g/mol. The van der Waals surface area contributed by atoms with Crippen LogP contribution in [0.2, 0.25) is 0 Å². The second-order valence-electron chi connectivity index (χ2n) is 6.45. The number of fused-ring (bicyclic) bond motifs is 2. The quantitative estimate of drug-likeness (QED) is 0.534. The Hall–Kier alpha value is -1.23. The van der Waals surface area contributed by atoms with Gasteiger partial charge in [0, 0.05) is 32.1 Å². The number of nitrogens with one attached hydrogen (secondary N) is 1. The van der Waals surface area contributed by atoms with Crippen LogP contribution in [0, 0.1) is 16.7 Å². The Kier molecular flexibility index (Phi) is 2.61. The molecule has 3 rings (SSSR count). The minimum Gasteiger partial charge on any atom is -0.339 e. The summed E-state index contributed by atoms with van der Waals surface area (Å²) < 4.78 is 0. The van der Waals surface area contributed by atoms with Crippen LogP contribution in [-0.4, -0.2) is 48.6 Å². The zero-order chi connectivity index (χ0) is 13.8. The molecule has 0 spiro atoms. The summed E-state index contributed by atoms with van der Waals surface area (Å²) in [7, 11) is 0. The highest BCUT2D eigenvalue weighted by molar-refractivity contribution is 6.47. The summed E-state index contributed by atoms with van der Waals surface area (Å²) >= 11 is 0. The van der Waals surface area contributed by atoms with E-state index in [9.17, 15) is 14.4 Å². The lowest BCUT2D eigenvalue weighted by molar-refractivity contribution is -0.155. The van der Waals surface area contributed by atoms with E-state index in [0.29, 0.717) is 25.9 Å². The SMILES string of the molecule is CC1(C)[C@H]2CC[C@]1(C(=O)N1CCNCC1)C(=O)C2=O. The summed E-state index contributed by atoms with van der Waals surface area (Å²) in [5.41, 5.74) is -1.60. The summed E-state index contributed by atoms with van der Waals surface area (Å²) in [5, 5.41) is 3.20. The molecule has 1 heterocycles. The van der Waals surface area contributed by atoms with Gasteiger partial charge in [-0.15, -0.1) is 0 Å². The van der Waals surface area contributed by atoms with Crippen molar-refractivity contribution in [1.29, 1.82) is 0 Å². The van der Waals surface area contributed by atoms with Crippen LogP contribution >= 0.6 is 0 Å². The van der Waals surface area contributed by atoms with Crippen molar-refractivity contribution >= 4 is 17.5 Å². The van der Waals surface area contributed by atoms with Gasteiger partial charge in [0.1, 0.15) is 5.41 Å². The smallest absolute Gasteiger partial charge is 0.237 e. The topological polar surface area (TPSA) is 66.5 Å². The van der Waals surface area contributed by atoms with Crippen LogP contribution in [0.15, 0.2) is 0 Å². The van der Waals surface area contributed by atoms with E-state index >= 15 is 0 Å². The zero-order valence-electron chi connectivity index (χ0n) is 11.5. The predicted molar refractivity (Wildman–Crippen MR) is 68.4 cm³/mol. The maximum atomic E-state index is 12.9. The summed E-state index contributed by atoms with van der Waals surface area (Å²) in [4.78, 5) is 39.1. The van der Waals surface area contributed by atoms with Gasteiger partial charge >= 0.3 is 0 Å². The molecular formula is C14H20N2O3. The fourth-order valence-corrected chi connectivity index (χ4v) is 4.19. The number of piperazine rings is 1. The van der Waals surface area contributed by atoms with Crippen molar-refractivity contribution in [3.05, 3.63) is 0 Å². The number of Topliss-reactive ketones (excluding diaryl/α,β-unsaturated/α-hetero) is 2. The van der Waals surface area contributed by atoms with E-state index in [4.69, 9.17) is 0 Å². The number of carbonyl (C=O) groups is 3. The van der Waals surface area contributed by atoms with Gasteiger partial charge < -0.3 is 10.2 Å². The third-order valence-electron chi connectivity index (χ3n) is 5.48. The van der Waals surface area contributed by atoms with Crippen molar-refractivity contribution in [2.75, 3.05) is 26.2 Å². The molecule has 0 aromatic carbocycles. The first-order chi connectivity index (χ1) is 8.93. The van der Waals surface area contributed by atoms with Crippen molar-refractivity contribution < 1.29 is 14.4 Å². The van der Waals surface area contributed by atoms with Gasteiger partial charge in [0.25, 0.3) is 0 Å². The Morgan fingerprint density at radius 3 is 2.42 bits per heavy atom. The van der Waals surface area contributed by atoms with Crippen LogP contribution in [0.5, 0.6) is 0 Å². The molecular weight excluding hydrogens is 244 g/mol. The molecule has 1 aliphatic heterocycles. The van der Waals surface area contributed by atoms with Gasteiger partial charge in [-0.1, -0.05) is 13.8 Å². The molecule has 1 amide bonds. The molecule has 2 saturated carbocycles. The molecule has 0 aromatic heterocycles. The highest BCUT2D eigenvalue weighted by Crippen LogP contribution is 2.63. The Balaban J connectivity index is 1.99. The van der Waals surface area contributed by atoms with Gasteiger partial charge in [-0.2, -0.15) is 0 Å². The second kappa shape index (κ2) is 3.88. The minimum atomic E-state index is -1.08. The molecule has 2 aliphatic carbocycles. The molecule has 3 fully saturated rings. The van der Waals surface area contributed by atoms with Crippen LogP contribution in [0.1, 0.15) is 26.7 Å². The summed E-state index contributed by atoms with van der Waals surface area (Å²) in [6.45, 7) is 6.59. The normalized spacial score (nSPS) is 36.9. The minimum absolute atomic E-state index is 0.114. The molecule has 0 radical (unpaired) electrons. The first-order valence-corrected chi connectivity index (χ1v) is 7.01. The highest BCUT2D eigenvalue weighted by Gasteiger charge is 2.73. The summed E-state index contributed by atoms with van der Waals surface area (Å²) in [6.07, 6.45) is 1.22. The van der Waals surface area contributed by atoms with Crippen molar-refractivity contribution in [2.45, 2.75) is 26.7 Å². The number of hydrogen-bond acceptors (Lipinski definition) is 4. The highest BCUT2D eigenvalue weighted by atomic mass is 16.2. The molecule has 2 atom stereocenters. The zero-order valence-corrected chi connectivity index (χ0v) is 11.5. The molecule has 0 aromatic rings. The number of amides is 1. The van der Waals surface area contributed by atoms with E-state index in [2.05, 4.69) is 5.32 Å². The van der Waals surface area contributed by atoms with E-state index in [1.54, 1.807) is 4.90 Å². The van der Waals surface area contributed by atoms with E-state index in [-0.39, 0.29) is 17.6 Å². The van der Waals surface area contributed by atoms with Crippen LogP contribution in [0.4, 0.5) is 0 Å². The van der Waals surface area contributed by atoms with E-state index in [1.807, 2.05) is 13.8 Å². The number of ketones is 2. The van der Waals surface area contributed by atoms with Gasteiger partial charge in [-0.25, -0.2) is 0 Å². The maximum Gasteiger partial charge on any atom is 0.237 e. The lowest BCUT2D eigenvalue weighted by atomic mass is 9.68. The van der Waals surface area contributed by atoms with E-state index in [0.717, 1.165) is 13.1 Å². The molecule has 5 heteroatoms. The fraction of sp³-hybridized carbons (Fsp3) is 0.786. The molecule has 1 saturated heterocycles. The van der Waals surface area contributed by atoms with Crippen LogP contribution in [0.25, 0.3) is 0 Å². The second-order valence-corrected chi connectivity index (χ2v) is 6.45. The predicted octanol–water partition coefficient (Wildman–Crippen LogP) is -0.00740. The van der Waals surface area contributed by atoms with Crippen LogP contribution in [0.3, 0.4) is 0 Å². The first-order valence-electron chi connectivity index (χ1n) is 7.01. The van der Waals surface area contributed by atoms with Gasteiger partial charge in [0.15, 0.2) is 0 Å². The molecule has 3 aliphatic rings. The van der Waals surface area contributed by atoms with Crippen molar-refractivity contribution in [1.82, 2.24) is 10.2 Å². The fourth-order valence-electron chi connectivity index (χ4n) is 4.19. The molecule has 5 nitrogen and oxygen atoms in total. The average Bonchev–Trinajstić information content (AvgIpc) is 2.75. The Bertz CT molecular complexity index is 465. The molecule has 2 bridgehead atoms. The monoisotopic (exact) mass is 264 g/mol.